The van der Waals surface area contributed by atoms with Crippen molar-refractivity contribution in [1.82, 2.24) is 4.90 Å². The minimum atomic E-state index is -4.61. The van der Waals surface area contributed by atoms with Crippen LogP contribution in [0.25, 0.3) is 6.08 Å². The van der Waals surface area contributed by atoms with E-state index >= 15 is 0 Å². The molecule has 178 valence electrons. The maximum Gasteiger partial charge on any atom is 0.474 e. The highest BCUT2D eigenvalue weighted by molar-refractivity contribution is 7.46. The van der Waals surface area contributed by atoms with E-state index in [9.17, 15) is 14.4 Å². The third-order valence-corrected chi connectivity index (χ3v) is 6.91. The average Bonchev–Trinajstić information content (AvgIpc) is 2.86. The summed E-state index contributed by atoms with van der Waals surface area (Å²) in [7, 11) is -4.61. The largest absolute Gasteiger partial charge is 0.474 e. The molecule has 0 amide bonds. The van der Waals surface area contributed by atoms with Crippen molar-refractivity contribution < 1.29 is 23.4 Å². The van der Waals surface area contributed by atoms with Crippen LogP contribution in [0.15, 0.2) is 97.1 Å². The molecule has 1 saturated heterocycles. The van der Waals surface area contributed by atoms with Crippen molar-refractivity contribution in [2.45, 2.75) is 6.04 Å². The topological polar surface area (TPSA) is 70.0 Å². The Bertz CT molecular complexity index is 1060. The molecule has 3 aromatic carbocycles. The van der Waals surface area contributed by atoms with Gasteiger partial charge >= 0.3 is 7.82 Å². The molecule has 0 unspecified atom stereocenters. The number of quaternary nitrogens is 1. The van der Waals surface area contributed by atoms with E-state index in [-0.39, 0.29) is 12.8 Å². The Labute approximate surface area is 201 Å². The molecule has 0 radical (unpaired) electrons. The Morgan fingerprint density at radius 1 is 0.853 bits per heavy atom. The van der Waals surface area contributed by atoms with Gasteiger partial charge in [-0.1, -0.05) is 103 Å². The molecular weight excluding hydrogens is 447 g/mol. The first-order valence-corrected chi connectivity index (χ1v) is 13.1. The van der Waals surface area contributed by atoms with Crippen molar-refractivity contribution in [3.05, 3.63) is 114 Å². The molecule has 34 heavy (non-hydrogen) atoms. The van der Waals surface area contributed by atoms with Crippen LogP contribution in [0.2, 0.25) is 0 Å². The van der Waals surface area contributed by atoms with Crippen molar-refractivity contribution in [1.29, 1.82) is 0 Å². The lowest BCUT2D eigenvalue weighted by molar-refractivity contribution is -0.969. The Morgan fingerprint density at radius 3 is 1.85 bits per heavy atom. The Hall–Kier alpha value is -2.57. The summed E-state index contributed by atoms with van der Waals surface area (Å²) < 4.78 is 17.3. The smallest absolute Gasteiger partial charge is 0.303 e. The second-order valence-corrected chi connectivity index (χ2v) is 9.99. The van der Waals surface area contributed by atoms with Gasteiger partial charge in [-0.25, -0.2) is 9.09 Å². The average molecular weight is 480 g/mol. The minimum absolute atomic E-state index is 0.0492. The molecule has 7 heteroatoms. The number of rotatable bonds is 9. The summed E-state index contributed by atoms with van der Waals surface area (Å²) in [5.41, 5.74) is 3.40. The fourth-order valence-electron chi connectivity index (χ4n) is 4.74. The van der Waals surface area contributed by atoms with E-state index in [4.69, 9.17) is 4.52 Å². The summed E-state index contributed by atoms with van der Waals surface area (Å²) in [5.74, 6) is 0. The van der Waals surface area contributed by atoms with Crippen LogP contribution in [-0.2, 0) is 9.09 Å². The summed E-state index contributed by atoms with van der Waals surface area (Å²) in [6, 6.07) is 30.5. The van der Waals surface area contributed by atoms with Gasteiger partial charge in [0, 0.05) is 30.8 Å². The number of benzene rings is 3. The van der Waals surface area contributed by atoms with E-state index in [1.807, 2.05) is 54.6 Å². The number of hydrogen-bond donors (Lipinski definition) is 2. The van der Waals surface area contributed by atoms with E-state index in [0.717, 1.165) is 30.8 Å². The number of phosphoric acid groups is 1. The van der Waals surface area contributed by atoms with Crippen LogP contribution in [0.5, 0.6) is 0 Å². The van der Waals surface area contributed by atoms with Gasteiger partial charge in [0.05, 0.1) is 13.1 Å². The molecule has 0 aromatic heterocycles. The third-order valence-electron chi connectivity index (χ3n) is 6.46. The van der Waals surface area contributed by atoms with Gasteiger partial charge in [0.2, 0.25) is 0 Å². The van der Waals surface area contributed by atoms with Crippen LogP contribution in [-0.4, -0.2) is 58.6 Å². The van der Waals surface area contributed by atoms with Crippen LogP contribution in [0.4, 0.5) is 0 Å². The maximum absolute atomic E-state index is 11.7. The van der Waals surface area contributed by atoms with E-state index in [2.05, 4.69) is 53.5 Å². The molecule has 6 nitrogen and oxygen atoms in total. The lowest BCUT2D eigenvalue weighted by Gasteiger charge is -2.49. The molecule has 2 N–H and O–H groups in total. The molecule has 0 saturated carbocycles. The molecule has 0 spiro atoms. The van der Waals surface area contributed by atoms with Gasteiger partial charge in [-0.3, -0.25) is 9.38 Å². The first kappa shape index (κ1) is 24.6. The molecule has 0 aliphatic carbocycles. The standard InChI is InChI=1S/C27H31N2O4P/c30-34(31,32)33-23-29(27(25-14-6-2-7-15-25)26-16-8-3-9-17-26)21-19-28(20-22-29)18-10-13-24-11-4-1-5-12-24/h1-17,27H,18-23H2,(H-,30,31,32)/p+1. The van der Waals surface area contributed by atoms with Crippen molar-refractivity contribution in [3.8, 4) is 0 Å². The molecule has 3 aromatic rings. The fourth-order valence-corrected chi connectivity index (χ4v) is 5.12. The normalized spacial score (nSPS) is 16.8. The molecular formula is C27H32N2O4P+. The highest BCUT2D eigenvalue weighted by Gasteiger charge is 2.43. The van der Waals surface area contributed by atoms with Crippen molar-refractivity contribution >= 4 is 13.9 Å². The Kier molecular flexibility index (Phi) is 8.11. The van der Waals surface area contributed by atoms with Gasteiger partial charge in [-0.05, 0) is 5.56 Å². The number of piperazine rings is 1. The number of phosphoric ester groups is 1. The molecule has 0 atom stereocenters. The molecule has 1 aliphatic rings. The summed E-state index contributed by atoms with van der Waals surface area (Å²) in [6.07, 6.45) is 4.30. The monoisotopic (exact) mass is 479 g/mol. The van der Waals surface area contributed by atoms with Gasteiger partial charge in [-0.2, -0.15) is 0 Å². The van der Waals surface area contributed by atoms with Crippen LogP contribution in [0.3, 0.4) is 0 Å². The second-order valence-electron chi connectivity index (χ2n) is 8.75. The van der Waals surface area contributed by atoms with E-state index < -0.39 is 7.82 Å². The van der Waals surface area contributed by atoms with Gasteiger partial charge in [0.25, 0.3) is 0 Å². The molecule has 1 fully saturated rings. The highest BCUT2D eigenvalue weighted by atomic mass is 31.2. The maximum atomic E-state index is 11.7. The van der Waals surface area contributed by atoms with E-state index in [1.165, 1.54) is 5.56 Å². The highest BCUT2D eigenvalue weighted by Crippen LogP contribution is 2.42. The van der Waals surface area contributed by atoms with Crippen molar-refractivity contribution in [2.24, 2.45) is 0 Å². The summed E-state index contributed by atoms with van der Waals surface area (Å²) in [6.45, 7) is 3.82. The zero-order chi connectivity index (χ0) is 23.9. The van der Waals surface area contributed by atoms with Gasteiger partial charge in [-0.15, -0.1) is 0 Å². The van der Waals surface area contributed by atoms with Gasteiger partial charge < -0.3 is 9.79 Å². The van der Waals surface area contributed by atoms with Crippen molar-refractivity contribution in [2.75, 3.05) is 39.5 Å². The van der Waals surface area contributed by atoms with Crippen molar-refractivity contribution in [3.63, 3.8) is 0 Å². The Balaban J connectivity index is 1.57. The van der Waals surface area contributed by atoms with Crippen LogP contribution < -0.4 is 0 Å². The van der Waals surface area contributed by atoms with E-state index in [0.29, 0.717) is 17.6 Å². The third kappa shape index (κ3) is 6.51. The molecule has 0 bridgehead atoms. The summed E-state index contributed by atoms with van der Waals surface area (Å²) >= 11 is 0. The number of hydrogen-bond acceptors (Lipinski definition) is 3. The SMILES string of the molecule is O=P(O)(O)OC[N+]1(C(c2ccccc2)c2ccccc2)CCN(CC=Cc2ccccc2)CC1. The van der Waals surface area contributed by atoms with Gasteiger partial charge in [0.15, 0.2) is 6.73 Å². The first-order chi connectivity index (χ1) is 16.5. The predicted molar refractivity (Wildman–Crippen MR) is 135 cm³/mol. The molecule has 1 aliphatic heterocycles. The quantitative estimate of drug-likeness (QED) is 0.344. The number of nitrogens with zero attached hydrogens (tertiary/aromatic N) is 2. The lowest BCUT2D eigenvalue weighted by atomic mass is 9.94. The zero-order valence-electron chi connectivity index (χ0n) is 19.2. The zero-order valence-corrected chi connectivity index (χ0v) is 20.1. The lowest BCUT2D eigenvalue weighted by Crippen LogP contribution is -2.61. The fraction of sp³-hybridized carbons (Fsp3) is 0.259. The molecule has 1 heterocycles. The van der Waals surface area contributed by atoms with Gasteiger partial charge in [0.1, 0.15) is 6.04 Å². The van der Waals surface area contributed by atoms with Crippen LogP contribution >= 0.6 is 7.82 Å². The molecule has 4 rings (SSSR count). The first-order valence-electron chi connectivity index (χ1n) is 11.5. The van der Waals surface area contributed by atoms with E-state index in [1.54, 1.807) is 0 Å². The van der Waals surface area contributed by atoms with Crippen LogP contribution in [0, 0.1) is 0 Å². The summed E-state index contributed by atoms with van der Waals surface area (Å²) in [5, 5.41) is 0. The predicted octanol–water partition coefficient (Wildman–Crippen LogP) is 4.69. The summed E-state index contributed by atoms with van der Waals surface area (Å²) in [4.78, 5) is 21.4. The van der Waals surface area contributed by atoms with Crippen LogP contribution in [0.1, 0.15) is 22.7 Å². The minimum Gasteiger partial charge on any atom is -0.303 e. The second kappa shape index (κ2) is 11.2. The Morgan fingerprint density at radius 2 is 1.35 bits per heavy atom.